The molecule has 0 radical (unpaired) electrons. The molecule has 1 saturated carbocycles. The van der Waals surface area contributed by atoms with Crippen molar-refractivity contribution in [2.45, 2.75) is 66.4 Å². The number of nitrogens with one attached hydrogen (secondary N) is 1. The molecule has 204 valence electrons. The maximum Gasteiger partial charge on any atom is 0.410 e. The molecule has 1 aromatic carbocycles. The normalized spacial score (nSPS) is 23.1. The molecular formula is C30H46N4O3. The standard InChI is InChI=1S/C30H46N4O3/c1-7-22-8-12-25(13-9-22)31-27(35)34(21-23-10-11-24-20-26(23)30(24,5)6)19-16-32-14-17-33(18-15-32)28(36)37-29(2,3)4/h8-10,12-13,24,26H,7,11,14-21H2,1-6H3,(H,31,35). The van der Waals surface area contributed by atoms with E-state index in [4.69, 9.17) is 4.74 Å². The molecule has 1 aromatic rings. The van der Waals surface area contributed by atoms with Crippen molar-refractivity contribution in [2.75, 3.05) is 51.1 Å². The zero-order valence-corrected chi connectivity index (χ0v) is 23.7. The summed E-state index contributed by atoms with van der Waals surface area (Å²) in [5, 5.41) is 3.13. The largest absolute Gasteiger partial charge is 0.444 e. The summed E-state index contributed by atoms with van der Waals surface area (Å²) in [6.07, 6.45) is 5.50. The van der Waals surface area contributed by atoms with Crippen LogP contribution in [-0.4, -0.2) is 78.2 Å². The van der Waals surface area contributed by atoms with Gasteiger partial charge in [-0.2, -0.15) is 0 Å². The number of ether oxygens (including phenoxy) is 1. The lowest BCUT2D eigenvalue weighted by atomic mass is 9.49. The Morgan fingerprint density at radius 3 is 2.35 bits per heavy atom. The lowest BCUT2D eigenvalue weighted by Crippen LogP contribution is -2.53. The van der Waals surface area contributed by atoms with Crippen molar-refractivity contribution >= 4 is 17.8 Å². The monoisotopic (exact) mass is 510 g/mol. The van der Waals surface area contributed by atoms with Crippen LogP contribution in [0.4, 0.5) is 15.3 Å². The van der Waals surface area contributed by atoms with Crippen LogP contribution in [0, 0.1) is 17.3 Å². The molecule has 3 amide bonds. The number of nitrogens with zero attached hydrogens (tertiary/aromatic N) is 3. The van der Waals surface area contributed by atoms with Gasteiger partial charge in [0.25, 0.3) is 0 Å². The molecule has 7 nitrogen and oxygen atoms in total. The third-order valence-electron chi connectivity index (χ3n) is 8.57. The first-order valence-corrected chi connectivity index (χ1v) is 14.0. The maximum absolute atomic E-state index is 13.5. The molecular weight excluding hydrogens is 464 g/mol. The minimum atomic E-state index is -0.484. The summed E-state index contributed by atoms with van der Waals surface area (Å²) >= 11 is 0. The van der Waals surface area contributed by atoms with Gasteiger partial charge in [0.2, 0.25) is 0 Å². The number of anilines is 1. The van der Waals surface area contributed by atoms with Crippen molar-refractivity contribution in [1.29, 1.82) is 0 Å². The van der Waals surface area contributed by atoms with Crippen molar-refractivity contribution in [3.63, 3.8) is 0 Å². The fourth-order valence-corrected chi connectivity index (χ4v) is 5.90. The molecule has 0 aromatic heterocycles. The summed E-state index contributed by atoms with van der Waals surface area (Å²) < 4.78 is 5.53. The highest BCUT2D eigenvalue weighted by atomic mass is 16.6. The second kappa shape index (κ2) is 11.1. The van der Waals surface area contributed by atoms with Gasteiger partial charge >= 0.3 is 12.1 Å². The lowest BCUT2D eigenvalue weighted by Gasteiger charge is -2.57. The Kier molecular flexibility index (Phi) is 8.22. The van der Waals surface area contributed by atoms with Crippen molar-refractivity contribution < 1.29 is 14.3 Å². The third-order valence-corrected chi connectivity index (χ3v) is 8.57. The molecule has 7 heteroatoms. The van der Waals surface area contributed by atoms with E-state index in [0.29, 0.717) is 37.5 Å². The van der Waals surface area contributed by atoms with Gasteiger partial charge in [-0.05, 0) is 75.0 Å². The van der Waals surface area contributed by atoms with Gasteiger partial charge in [0.15, 0.2) is 0 Å². The first-order chi connectivity index (χ1) is 17.5. The number of hydrogen-bond acceptors (Lipinski definition) is 4. The Morgan fingerprint density at radius 2 is 1.78 bits per heavy atom. The minimum absolute atomic E-state index is 0.0446. The number of rotatable bonds is 7. The Morgan fingerprint density at radius 1 is 1.11 bits per heavy atom. The van der Waals surface area contributed by atoms with Crippen LogP contribution < -0.4 is 5.32 Å². The highest BCUT2D eigenvalue weighted by Crippen LogP contribution is 2.59. The Labute approximate surface area is 223 Å². The van der Waals surface area contributed by atoms with Crippen LogP contribution in [-0.2, 0) is 11.2 Å². The summed E-state index contributed by atoms with van der Waals surface area (Å²) in [6, 6.07) is 8.08. The molecule has 2 fully saturated rings. The average molecular weight is 511 g/mol. The van der Waals surface area contributed by atoms with Crippen LogP contribution in [0.2, 0.25) is 0 Å². The third kappa shape index (κ3) is 6.67. The van der Waals surface area contributed by atoms with Crippen LogP contribution in [0.1, 0.15) is 59.9 Å². The fourth-order valence-electron chi connectivity index (χ4n) is 5.90. The van der Waals surface area contributed by atoms with Crippen molar-refractivity contribution in [1.82, 2.24) is 14.7 Å². The smallest absolute Gasteiger partial charge is 0.410 e. The van der Waals surface area contributed by atoms with Gasteiger partial charge in [0.1, 0.15) is 5.60 Å². The number of aryl methyl sites for hydroxylation is 1. The van der Waals surface area contributed by atoms with Gasteiger partial charge in [0, 0.05) is 51.5 Å². The number of fused-ring (bicyclic) bond motifs is 1. The number of amides is 3. The summed E-state index contributed by atoms with van der Waals surface area (Å²) in [5.41, 5.74) is 3.36. The van der Waals surface area contributed by atoms with Crippen LogP contribution >= 0.6 is 0 Å². The number of benzene rings is 1. The summed E-state index contributed by atoms with van der Waals surface area (Å²) in [4.78, 5) is 32.0. The molecule has 0 spiro atoms. The van der Waals surface area contributed by atoms with E-state index < -0.39 is 5.60 Å². The van der Waals surface area contributed by atoms with Gasteiger partial charge < -0.3 is 19.9 Å². The molecule has 3 aliphatic carbocycles. The average Bonchev–Trinajstić information content (AvgIpc) is 2.86. The topological polar surface area (TPSA) is 65.1 Å². The minimum Gasteiger partial charge on any atom is -0.444 e. The predicted octanol–water partition coefficient (Wildman–Crippen LogP) is 5.63. The van der Waals surface area contributed by atoms with Crippen LogP contribution in [0.5, 0.6) is 0 Å². The van der Waals surface area contributed by atoms with Gasteiger partial charge in [-0.1, -0.05) is 44.6 Å². The number of urea groups is 1. The van der Waals surface area contributed by atoms with Gasteiger partial charge in [-0.25, -0.2) is 9.59 Å². The highest BCUT2D eigenvalue weighted by Gasteiger charge is 2.51. The number of carbonyl (C=O) groups excluding carboxylic acids is 2. The number of carbonyl (C=O) groups is 2. The summed E-state index contributed by atoms with van der Waals surface area (Å²) in [7, 11) is 0. The zero-order chi connectivity index (χ0) is 26.8. The first-order valence-electron chi connectivity index (χ1n) is 14.0. The second-order valence-corrected chi connectivity index (χ2v) is 12.5. The molecule has 1 N–H and O–H groups in total. The van der Waals surface area contributed by atoms with Crippen molar-refractivity contribution in [3.05, 3.63) is 41.5 Å². The van der Waals surface area contributed by atoms with E-state index in [2.05, 4.69) is 49.2 Å². The quantitative estimate of drug-likeness (QED) is 0.483. The van der Waals surface area contributed by atoms with E-state index >= 15 is 0 Å². The highest BCUT2D eigenvalue weighted by molar-refractivity contribution is 5.89. The fraction of sp³-hybridized carbons (Fsp3) is 0.667. The van der Waals surface area contributed by atoms with Gasteiger partial charge in [-0.15, -0.1) is 0 Å². The molecule has 2 bridgehead atoms. The zero-order valence-electron chi connectivity index (χ0n) is 23.7. The summed E-state index contributed by atoms with van der Waals surface area (Å²) in [6.45, 7) is 17.5. The van der Waals surface area contributed by atoms with Crippen LogP contribution in [0.3, 0.4) is 0 Å². The van der Waals surface area contributed by atoms with E-state index in [0.717, 1.165) is 44.1 Å². The van der Waals surface area contributed by atoms with Gasteiger partial charge in [0.05, 0.1) is 0 Å². The van der Waals surface area contributed by atoms with E-state index in [1.807, 2.05) is 37.8 Å². The first kappa shape index (κ1) is 27.5. The van der Waals surface area contributed by atoms with Crippen LogP contribution in [0.25, 0.3) is 0 Å². The Bertz CT molecular complexity index is 987. The van der Waals surface area contributed by atoms with E-state index in [1.54, 1.807) is 4.90 Å². The number of piperazine rings is 1. The summed E-state index contributed by atoms with van der Waals surface area (Å²) in [5.74, 6) is 1.35. The molecule has 37 heavy (non-hydrogen) atoms. The van der Waals surface area contributed by atoms with E-state index in [1.165, 1.54) is 17.6 Å². The molecule has 1 heterocycles. The predicted molar refractivity (Wildman–Crippen MR) is 149 cm³/mol. The molecule has 4 aliphatic rings. The van der Waals surface area contributed by atoms with Crippen molar-refractivity contribution in [2.24, 2.45) is 17.3 Å². The molecule has 2 unspecified atom stereocenters. The molecule has 2 atom stereocenters. The maximum atomic E-state index is 13.5. The van der Waals surface area contributed by atoms with E-state index in [9.17, 15) is 9.59 Å². The Hall–Kier alpha value is -2.54. The van der Waals surface area contributed by atoms with E-state index in [-0.39, 0.29) is 12.1 Å². The number of allylic oxidation sites excluding steroid dienone is 1. The SMILES string of the molecule is CCc1ccc(NC(=O)N(CCN2CCN(C(=O)OC(C)(C)C)CC2)CC2=CCC3CC2C3(C)C)cc1. The second-order valence-electron chi connectivity index (χ2n) is 12.5. The number of hydrogen-bond donors (Lipinski definition) is 1. The molecule has 1 saturated heterocycles. The molecule has 5 rings (SSSR count). The lowest BCUT2D eigenvalue weighted by molar-refractivity contribution is -0.00981. The van der Waals surface area contributed by atoms with Crippen LogP contribution in [0.15, 0.2) is 35.9 Å². The molecule has 1 aliphatic heterocycles. The Balaban J connectivity index is 1.36. The van der Waals surface area contributed by atoms with Crippen molar-refractivity contribution in [3.8, 4) is 0 Å². The van der Waals surface area contributed by atoms with Gasteiger partial charge in [-0.3, -0.25) is 4.90 Å².